The molecule has 1 N–H and O–H groups in total. The molecule has 2 aromatic rings. The lowest BCUT2D eigenvalue weighted by Crippen LogP contribution is -2.41. The molecule has 0 radical (unpaired) electrons. The second kappa shape index (κ2) is 8.79. The van der Waals surface area contributed by atoms with E-state index in [2.05, 4.69) is 0 Å². The number of hydrogen-bond donors (Lipinski definition) is 1. The Hall–Kier alpha value is -2.17. The van der Waals surface area contributed by atoms with E-state index < -0.39 is 0 Å². The normalized spacial score (nSPS) is 15.5. The first kappa shape index (κ1) is 17.6. The molecule has 1 fully saturated rings. The molecule has 1 aliphatic heterocycles. The minimum atomic E-state index is -0.249. The highest BCUT2D eigenvalue weighted by Crippen LogP contribution is 2.26. The average Bonchev–Trinajstić information content (AvgIpc) is 2.70. The average molecular weight is 339 g/mol. The summed E-state index contributed by atoms with van der Waals surface area (Å²) in [6.45, 7) is 1.68. The Morgan fingerprint density at radius 2 is 1.52 bits per heavy atom. The van der Waals surface area contributed by atoms with Crippen LogP contribution in [0.5, 0.6) is 0 Å². The summed E-state index contributed by atoms with van der Waals surface area (Å²) in [6, 6.07) is 20.0. The van der Waals surface area contributed by atoms with Crippen LogP contribution < -0.4 is 0 Å². The smallest absolute Gasteiger partial charge is 0.248 e. The van der Waals surface area contributed by atoms with E-state index in [4.69, 9.17) is 4.74 Å². The van der Waals surface area contributed by atoms with Crippen LogP contribution in [0.3, 0.4) is 0 Å². The summed E-state index contributed by atoms with van der Waals surface area (Å²) in [4.78, 5) is 14.3. The van der Waals surface area contributed by atoms with Gasteiger partial charge in [-0.15, -0.1) is 0 Å². The number of aliphatic hydroxyl groups excluding tert-OH is 1. The maximum atomic E-state index is 12.5. The van der Waals surface area contributed by atoms with Crippen molar-refractivity contribution >= 4 is 5.91 Å². The van der Waals surface area contributed by atoms with Gasteiger partial charge >= 0.3 is 0 Å². The van der Waals surface area contributed by atoms with Crippen molar-refractivity contribution in [2.45, 2.75) is 18.9 Å². The molecule has 1 amide bonds. The molecular weight excluding hydrogens is 314 g/mol. The third-order valence-corrected chi connectivity index (χ3v) is 4.80. The highest BCUT2D eigenvalue weighted by molar-refractivity contribution is 5.77. The van der Waals surface area contributed by atoms with Crippen molar-refractivity contribution in [2.75, 3.05) is 26.3 Å². The SMILES string of the molecule is O=C(COC(c1ccccc1)c1ccccc1)N1CCC(CO)CC1. The summed E-state index contributed by atoms with van der Waals surface area (Å²) in [6.07, 6.45) is 1.48. The van der Waals surface area contributed by atoms with E-state index in [1.807, 2.05) is 65.6 Å². The standard InChI is InChI=1S/C21H25NO3/c23-15-17-11-13-22(14-12-17)20(24)16-25-21(18-7-3-1-4-8-18)19-9-5-2-6-10-19/h1-10,17,21,23H,11-16H2. The fourth-order valence-corrected chi connectivity index (χ4v) is 3.25. The lowest BCUT2D eigenvalue weighted by atomic mass is 9.98. The number of carbonyl (C=O) groups is 1. The quantitative estimate of drug-likeness (QED) is 0.880. The number of likely N-dealkylation sites (tertiary alicyclic amines) is 1. The first-order valence-electron chi connectivity index (χ1n) is 8.88. The maximum Gasteiger partial charge on any atom is 0.248 e. The number of aliphatic hydroxyl groups is 1. The number of ether oxygens (including phenoxy) is 1. The molecule has 0 spiro atoms. The van der Waals surface area contributed by atoms with Gasteiger partial charge in [-0.3, -0.25) is 4.79 Å². The van der Waals surface area contributed by atoms with E-state index in [0.29, 0.717) is 19.0 Å². The summed E-state index contributed by atoms with van der Waals surface area (Å²) in [5.74, 6) is 0.347. The first-order chi connectivity index (χ1) is 12.3. The van der Waals surface area contributed by atoms with Crippen LogP contribution in [0.1, 0.15) is 30.1 Å². The minimum Gasteiger partial charge on any atom is -0.396 e. The zero-order chi connectivity index (χ0) is 17.5. The van der Waals surface area contributed by atoms with E-state index in [-0.39, 0.29) is 25.2 Å². The number of amides is 1. The molecule has 25 heavy (non-hydrogen) atoms. The molecule has 0 aromatic heterocycles. The van der Waals surface area contributed by atoms with Crippen LogP contribution in [0.4, 0.5) is 0 Å². The molecule has 0 bridgehead atoms. The molecule has 4 heteroatoms. The topological polar surface area (TPSA) is 49.8 Å². The van der Waals surface area contributed by atoms with Crippen molar-refractivity contribution in [1.82, 2.24) is 4.90 Å². The molecular formula is C21H25NO3. The maximum absolute atomic E-state index is 12.5. The Bertz CT molecular complexity index is 612. The van der Waals surface area contributed by atoms with E-state index in [1.54, 1.807) is 0 Å². The largest absolute Gasteiger partial charge is 0.396 e. The molecule has 0 aliphatic carbocycles. The van der Waals surface area contributed by atoms with Crippen molar-refractivity contribution in [3.63, 3.8) is 0 Å². The number of piperidine rings is 1. The summed E-state index contributed by atoms with van der Waals surface area (Å²) in [5.41, 5.74) is 2.08. The highest BCUT2D eigenvalue weighted by Gasteiger charge is 2.23. The molecule has 0 atom stereocenters. The van der Waals surface area contributed by atoms with Gasteiger partial charge in [0.2, 0.25) is 5.91 Å². The summed E-state index contributed by atoms with van der Waals surface area (Å²) >= 11 is 0. The number of hydrogen-bond acceptors (Lipinski definition) is 3. The van der Waals surface area contributed by atoms with E-state index in [0.717, 1.165) is 24.0 Å². The lowest BCUT2D eigenvalue weighted by molar-refractivity contribution is -0.139. The summed E-state index contributed by atoms with van der Waals surface area (Å²) in [7, 11) is 0. The Kier molecular flexibility index (Phi) is 6.20. The molecule has 1 aliphatic rings. The van der Waals surface area contributed by atoms with E-state index >= 15 is 0 Å². The van der Waals surface area contributed by atoms with Gasteiger partial charge in [0, 0.05) is 19.7 Å². The van der Waals surface area contributed by atoms with Gasteiger partial charge in [0.15, 0.2) is 0 Å². The molecule has 1 saturated heterocycles. The Balaban J connectivity index is 1.64. The molecule has 3 rings (SSSR count). The van der Waals surface area contributed by atoms with Gasteiger partial charge in [-0.05, 0) is 29.9 Å². The van der Waals surface area contributed by atoms with Gasteiger partial charge in [-0.2, -0.15) is 0 Å². The third-order valence-electron chi connectivity index (χ3n) is 4.80. The van der Waals surface area contributed by atoms with Crippen LogP contribution in [0, 0.1) is 5.92 Å². The molecule has 0 unspecified atom stereocenters. The Labute approximate surface area is 149 Å². The fourth-order valence-electron chi connectivity index (χ4n) is 3.25. The molecule has 0 saturated carbocycles. The Morgan fingerprint density at radius 3 is 2.00 bits per heavy atom. The van der Waals surface area contributed by atoms with Crippen molar-refractivity contribution in [3.8, 4) is 0 Å². The predicted octanol–water partition coefficient (Wildman–Crippen LogP) is 3.02. The molecule has 132 valence electrons. The Morgan fingerprint density at radius 1 is 1.00 bits per heavy atom. The second-order valence-electron chi connectivity index (χ2n) is 6.52. The first-order valence-corrected chi connectivity index (χ1v) is 8.88. The van der Waals surface area contributed by atoms with Crippen molar-refractivity contribution in [1.29, 1.82) is 0 Å². The van der Waals surface area contributed by atoms with Gasteiger partial charge in [-0.1, -0.05) is 60.7 Å². The van der Waals surface area contributed by atoms with Gasteiger partial charge in [0.05, 0.1) is 0 Å². The van der Waals surface area contributed by atoms with E-state index in [9.17, 15) is 9.90 Å². The fraction of sp³-hybridized carbons (Fsp3) is 0.381. The number of nitrogens with zero attached hydrogens (tertiary/aromatic N) is 1. The van der Waals surface area contributed by atoms with Crippen LogP contribution in [-0.2, 0) is 9.53 Å². The number of rotatable bonds is 6. The van der Waals surface area contributed by atoms with Gasteiger partial charge in [0.1, 0.15) is 12.7 Å². The molecule has 2 aromatic carbocycles. The number of benzene rings is 2. The number of carbonyl (C=O) groups excluding carboxylic acids is 1. The van der Waals surface area contributed by atoms with Gasteiger partial charge in [-0.25, -0.2) is 0 Å². The zero-order valence-electron chi connectivity index (χ0n) is 14.4. The van der Waals surface area contributed by atoms with Crippen molar-refractivity contribution < 1.29 is 14.6 Å². The minimum absolute atomic E-state index is 0.0215. The van der Waals surface area contributed by atoms with E-state index in [1.165, 1.54) is 0 Å². The van der Waals surface area contributed by atoms with Crippen molar-refractivity contribution in [2.24, 2.45) is 5.92 Å². The monoisotopic (exact) mass is 339 g/mol. The lowest BCUT2D eigenvalue weighted by Gasteiger charge is -2.31. The highest BCUT2D eigenvalue weighted by atomic mass is 16.5. The summed E-state index contributed by atoms with van der Waals surface area (Å²) < 4.78 is 6.04. The molecule has 4 nitrogen and oxygen atoms in total. The predicted molar refractivity (Wildman–Crippen MR) is 97.1 cm³/mol. The van der Waals surface area contributed by atoms with Crippen LogP contribution in [-0.4, -0.2) is 42.2 Å². The second-order valence-corrected chi connectivity index (χ2v) is 6.52. The van der Waals surface area contributed by atoms with Crippen LogP contribution in [0.2, 0.25) is 0 Å². The zero-order valence-corrected chi connectivity index (χ0v) is 14.4. The van der Waals surface area contributed by atoms with Crippen molar-refractivity contribution in [3.05, 3.63) is 71.8 Å². The third kappa shape index (κ3) is 4.68. The van der Waals surface area contributed by atoms with Gasteiger partial charge in [0.25, 0.3) is 0 Å². The summed E-state index contributed by atoms with van der Waals surface area (Å²) in [5, 5.41) is 9.22. The van der Waals surface area contributed by atoms with Gasteiger partial charge < -0.3 is 14.7 Å². The van der Waals surface area contributed by atoms with Crippen LogP contribution >= 0.6 is 0 Å². The molecule has 1 heterocycles. The van der Waals surface area contributed by atoms with Crippen LogP contribution in [0.15, 0.2) is 60.7 Å². The van der Waals surface area contributed by atoms with Crippen LogP contribution in [0.25, 0.3) is 0 Å².